The maximum atomic E-state index is 13.0. The molecule has 0 bridgehead atoms. The number of hydrogen-bond donors (Lipinski definition) is 1. The van der Waals surface area contributed by atoms with Crippen molar-refractivity contribution in [3.63, 3.8) is 0 Å². The smallest absolute Gasteiger partial charge is 0.274 e. The molecular weight excluding hydrogens is 374 g/mol. The minimum atomic E-state index is 0.0619. The van der Waals surface area contributed by atoms with Gasteiger partial charge in [0, 0.05) is 44.1 Å². The second kappa shape index (κ2) is 8.32. The Kier molecular flexibility index (Phi) is 5.24. The van der Waals surface area contributed by atoms with Crippen LogP contribution < -0.4 is 5.32 Å². The molecule has 6 nitrogen and oxygen atoms in total. The maximum absolute atomic E-state index is 13.0. The minimum Gasteiger partial charge on any atom is -0.347 e. The first kappa shape index (κ1) is 18.9. The van der Waals surface area contributed by atoms with Crippen LogP contribution in [0.1, 0.15) is 35.4 Å². The van der Waals surface area contributed by atoms with Crippen LogP contribution in [0.5, 0.6) is 0 Å². The van der Waals surface area contributed by atoms with Crippen molar-refractivity contribution in [2.24, 2.45) is 0 Å². The van der Waals surface area contributed by atoms with Crippen LogP contribution in [0.4, 0.5) is 0 Å². The largest absolute Gasteiger partial charge is 0.347 e. The van der Waals surface area contributed by atoms with Gasteiger partial charge in [0.05, 0.1) is 5.69 Å². The number of likely N-dealkylation sites (tertiary alicyclic amines) is 1. The molecule has 1 aliphatic rings. The number of imidazole rings is 1. The van der Waals surface area contributed by atoms with Crippen LogP contribution in [0.25, 0.3) is 16.6 Å². The van der Waals surface area contributed by atoms with Crippen LogP contribution in [0, 0.1) is 0 Å². The number of hydrogen-bond acceptors (Lipinski definition) is 3. The van der Waals surface area contributed by atoms with Gasteiger partial charge in [-0.3, -0.25) is 4.79 Å². The molecule has 1 amide bonds. The molecule has 30 heavy (non-hydrogen) atoms. The van der Waals surface area contributed by atoms with E-state index in [0.29, 0.717) is 12.2 Å². The average molecular weight is 402 g/mol. The number of carbonyl (C=O) groups is 1. The molecule has 0 aliphatic carbocycles. The van der Waals surface area contributed by atoms with Gasteiger partial charge < -0.3 is 19.2 Å². The molecule has 0 saturated carbocycles. The zero-order valence-corrected chi connectivity index (χ0v) is 17.1. The Morgan fingerprint density at radius 1 is 1.00 bits per heavy atom. The maximum Gasteiger partial charge on any atom is 0.274 e. The van der Waals surface area contributed by atoms with Gasteiger partial charge in [-0.2, -0.15) is 0 Å². The molecule has 6 heteroatoms. The van der Waals surface area contributed by atoms with Crippen molar-refractivity contribution in [3.05, 3.63) is 72.3 Å². The predicted molar refractivity (Wildman–Crippen MR) is 119 cm³/mol. The van der Waals surface area contributed by atoms with E-state index in [9.17, 15) is 4.79 Å². The Morgan fingerprint density at radius 2 is 1.83 bits per heavy atom. The zero-order valence-electron chi connectivity index (χ0n) is 17.1. The number of benzene rings is 1. The van der Waals surface area contributed by atoms with Gasteiger partial charge in [-0.25, -0.2) is 4.98 Å². The highest BCUT2D eigenvalue weighted by molar-refractivity contribution is 5.94. The van der Waals surface area contributed by atoms with Crippen LogP contribution in [0.2, 0.25) is 0 Å². The van der Waals surface area contributed by atoms with Gasteiger partial charge in [0.25, 0.3) is 5.91 Å². The van der Waals surface area contributed by atoms with Gasteiger partial charge >= 0.3 is 0 Å². The third kappa shape index (κ3) is 3.59. The normalized spacial score (nSPS) is 14.2. The fraction of sp³-hybridized carbons (Fsp3) is 0.333. The summed E-state index contributed by atoms with van der Waals surface area (Å²) in [7, 11) is 0. The third-order valence-corrected chi connectivity index (χ3v) is 5.95. The Morgan fingerprint density at radius 3 is 2.73 bits per heavy atom. The number of carbonyl (C=O) groups excluding carboxylic acids is 1. The van der Waals surface area contributed by atoms with E-state index in [2.05, 4.69) is 51.4 Å². The number of rotatable bonds is 7. The van der Waals surface area contributed by atoms with Gasteiger partial charge in [0.1, 0.15) is 5.65 Å². The predicted octanol–water partition coefficient (Wildman–Crippen LogP) is 3.70. The van der Waals surface area contributed by atoms with Gasteiger partial charge in [-0.15, -0.1) is 0 Å². The second-order valence-electron chi connectivity index (χ2n) is 7.93. The number of para-hydroxylation sites is 1. The number of aromatic nitrogens is 3. The van der Waals surface area contributed by atoms with Crippen molar-refractivity contribution in [2.45, 2.75) is 32.4 Å². The molecule has 1 saturated heterocycles. The Hall–Kier alpha value is -3.12. The summed E-state index contributed by atoms with van der Waals surface area (Å²) in [6.45, 7) is 4.15. The van der Waals surface area contributed by atoms with E-state index in [0.717, 1.165) is 56.8 Å². The van der Waals surface area contributed by atoms with Gasteiger partial charge in [0.2, 0.25) is 0 Å². The summed E-state index contributed by atoms with van der Waals surface area (Å²) in [6, 6.07) is 16.5. The molecule has 4 heterocycles. The summed E-state index contributed by atoms with van der Waals surface area (Å²) in [5, 5.41) is 4.81. The Labute approximate surface area is 176 Å². The molecule has 1 N–H and O–H groups in total. The molecule has 3 aromatic heterocycles. The minimum absolute atomic E-state index is 0.0619. The van der Waals surface area contributed by atoms with E-state index in [1.165, 1.54) is 10.9 Å². The van der Waals surface area contributed by atoms with Crippen molar-refractivity contribution in [1.82, 2.24) is 24.2 Å². The molecular formula is C24H27N5O. The van der Waals surface area contributed by atoms with Gasteiger partial charge in [-0.05, 0) is 55.5 Å². The van der Waals surface area contributed by atoms with E-state index >= 15 is 0 Å². The lowest BCUT2D eigenvalue weighted by Crippen LogP contribution is -2.29. The summed E-state index contributed by atoms with van der Waals surface area (Å²) in [4.78, 5) is 19.6. The molecule has 0 radical (unpaired) electrons. The first-order valence-electron chi connectivity index (χ1n) is 10.8. The highest BCUT2D eigenvalue weighted by Crippen LogP contribution is 2.18. The first-order chi connectivity index (χ1) is 14.8. The SMILES string of the molecule is O=C(c1nc2ccccn2c1CNCCCn1ccc2ccccc21)N1CCCC1. The first-order valence-corrected chi connectivity index (χ1v) is 10.8. The number of nitrogens with one attached hydrogen (secondary N) is 1. The molecule has 5 rings (SSSR count). The average Bonchev–Trinajstić information content (AvgIpc) is 3.52. The number of nitrogens with zero attached hydrogens (tertiary/aromatic N) is 4. The van der Waals surface area contributed by atoms with Gasteiger partial charge in [0.15, 0.2) is 5.69 Å². The Balaban J connectivity index is 1.25. The standard InChI is InChI=1S/C24H27N5O/c30-24(28-13-5-6-14-28)23-21(29-16-4-3-10-22(29)26-23)18-25-12-7-15-27-17-11-19-8-1-2-9-20(19)27/h1-4,8-11,16-17,25H,5-7,12-15,18H2. The lowest BCUT2D eigenvalue weighted by Gasteiger charge is -2.15. The number of amides is 1. The highest BCUT2D eigenvalue weighted by Gasteiger charge is 2.25. The Bertz CT molecular complexity index is 1170. The van der Waals surface area contributed by atoms with Crippen LogP contribution in [-0.2, 0) is 13.1 Å². The lowest BCUT2D eigenvalue weighted by molar-refractivity contribution is 0.0786. The van der Waals surface area contributed by atoms with Crippen LogP contribution in [0.3, 0.4) is 0 Å². The second-order valence-corrected chi connectivity index (χ2v) is 7.93. The van der Waals surface area contributed by atoms with Crippen molar-refractivity contribution >= 4 is 22.5 Å². The summed E-state index contributed by atoms with van der Waals surface area (Å²) in [5.41, 5.74) is 3.65. The molecule has 1 fully saturated rings. The monoisotopic (exact) mass is 401 g/mol. The molecule has 0 atom stereocenters. The van der Waals surface area contributed by atoms with E-state index in [4.69, 9.17) is 0 Å². The summed E-state index contributed by atoms with van der Waals surface area (Å²) < 4.78 is 4.34. The van der Waals surface area contributed by atoms with Crippen molar-refractivity contribution in [2.75, 3.05) is 19.6 Å². The molecule has 1 aromatic carbocycles. The number of fused-ring (bicyclic) bond motifs is 2. The van der Waals surface area contributed by atoms with Crippen molar-refractivity contribution in [3.8, 4) is 0 Å². The molecule has 0 spiro atoms. The van der Waals surface area contributed by atoms with E-state index in [-0.39, 0.29) is 5.91 Å². The topological polar surface area (TPSA) is 54.6 Å². The molecule has 1 aliphatic heterocycles. The third-order valence-electron chi connectivity index (χ3n) is 5.95. The van der Waals surface area contributed by atoms with Crippen molar-refractivity contribution < 1.29 is 4.79 Å². The molecule has 4 aromatic rings. The fourth-order valence-electron chi connectivity index (χ4n) is 4.37. The van der Waals surface area contributed by atoms with Gasteiger partial charge in [-0.1, -0.05) is 24.3 Å². The summed E-state index contributed by atoms with van der Waals surface area (Å²) in [5.74, 6) is 0.0619. The molecule has 154 valence electrons. The van der Waals surface area contributed by atoms with Crippen LogP contribution >= 0.6 is 0 Å². The summed E-state index contributed by atoms with van der Waals surface area (Å²) in [6.07, 6.45) is 7.33. The summed E-state index contributed by atoms with van der Waals surface area (Å²) >= 11 is 0. The number of aryl methyl sites for hydroxylation is 1. The number of pyridine rings is 1. The van der Waals surface area contributed by atoms with Crippen molar-refractivity contribution in [1.29, 1.82) is 0 Å². The van der Waals surface area contributed by atoms with E-state index in [1.54, 1.807) is 0 Å². The fourth-order valence-corrected chi connectivity index (χ4v) is 4.37. The zero-order chi connectivity index (χ0) is 20.3. The molecule has 0 unspecified atom stereocenters. The highest BCUT2D eigenvalue weighted by atomic mass is 16.2. The quantitative estimate of drug-likeness (QED) is 0.481. The van der Waals surface area contributed by atoms with E-state index < -0.39 is 0 Å². The van der Waals surface area contributed by atoms with Crippen LogP contribution in [-0.4, -0.2) is 44.4 Å². The lowest BCUT2D eigenvalue weighted by atomic mass is 10.2. The van der Waals surface area contributed by atoms with Crippen LogP contribution in [0.15, 0.2) is 60.9 Å². The van der Waals surface area contributed by atoms with E-state index in [1.807, 2.05) is 33.7 Å².